The third-order valence-electron chi connectivity index (χ3n) is 3.69. The highest BCUT2D eigenvalue weighted by Crippen LogP contribution is 2.27. The number of aryl methyl sites for hydroxylation is 1. The first kappa shape index (κ1) is 14.6. The van der Waals surface area contributed by atoms with Crippen LogP contribution in [0.2, 0.25) is 5.02 Å². The Morgan fingerprint density at radius 1 is 1.09 bits per heavy atom. The van der Waals surface area contributed by atoms with Gasteiger partial charge in [-0.2, -0.15) is 0 Å². The first-order valence-corrected chi connectivity index (χ1v) is 7.38. The van der Waals surface area contributed by atoms with Gasteiger partial charge in [-0.05, 0) is 42.8 Å². The fraction of sp³-hybridized carbons (Fsp3) is 0.176. The number of amides is 2. The number of hydrogen-bond donors (Lipinski definition) is 1. The van der Waals surface area contributed by atoms with Crippen molar-refractivity contribution in [1.29, 1.82) is 0 Å². The minimum atomic E-state index is -0.548. The summed E-state index contributed by atoms with van der Waals surface area (Å²) in [5, 5.41) is 3.72. The molecule has 2 aromatic rings. The van der Waals surface area contributed by atoms with Gasteiger partial charge in [0.1, 0.15) is 6.04 Å². The van der Waals surface area contributed by atoms with E-state index in [0.29, 0.717) is 10.7 Å². The second kappa shape index (κ2) is 5.81. The van der Waals surface area contributed by atoms with Crippen molar-refractivity contribution in [3.63, 3.8) is 0 Å². The van der Waals surface area contributed by atoms with E-state index in [-0.39, 0.29) is 18.2 Å². The number of benzene rings is 2. The Kier molecular flexibility index (Phi) is 3.86. The monoisotopic (exact) mass is 314 g/mol. The largest absolute Gasteiger partial charge is 0.373 e. The Labute approximate surface area is 133 Å². The second-order valence-electron chi connectivity index (χ2n) is 5.26. The van der Waals surface area contributed by atoms with E-state index in [1.807, 2.05) is 25.1 Å². The Morgan fingerprint density at radius 3 is 2.45 bits per heavy atom. The summed E-state index contributed by atoms with van der Waals surface area (Å²) in [5.41, 5.74) is 2.32. The van der Waals surface area contributed by atoms with Crippen molar-refractivity contribution >= 4 is 34.8 Å². The summed E-state index contributed by atoms with van der Waals surface area (Å²) in [7, 11) is 0. The molecule has 1 atom stereocenters. The van der Waals surface area contributed by atoms with Crippen molar-refractivity contribution in [1.82, 2.24) is 0 Å². The number of anilines is 2. The second-order valence-corrected chi connectivity index (χ2v) is 5.70. The lowest BCUT2D eigenvalue weighted by Gasteiger charge is -2.18. The lowest BCUT2D eigenvalue weighted by atomic mass is 10.2. The molecule has 0 bridgehead atoms. The quantitative estimate of drug-likeness (QED) is 0.883. The van der Waals surface area contributed by atoms with Crippen molar-refractivity contribution < 1.29 is 9.59 Å². The molecule has 0 aromatic heterocycles. The smallest absolute Gasteiger partial charge is 0.256 e. The maximum atomic E-state index is 12.6. The molecule has 0 radical (unpaired) electrons. The number of carbonyl (C=O) groups is 2. The highest BCUT2D eigenvalue weighted by Gasteiger charge is 2.39. The summed E-state index contributed by atoms with van der Waals surface area (Å²) in [4.78, 5) is 26.1. The Balaban J connectivity index is 1.82. The lowest BCUT2D eigenvalue weighted by molar-refractivity contribution is -0.121. The van der Waals surface area contributed by atoms with Gasteiger partial charge in [-0.25, -0.2) is 4.90 Å². The number of nitrogens with one attached hydrogen (secondary N) is 1. The SMILES string of the molecule is Cc1ccccc1N1C(=O)CC(Nc2ccc(Cl)cc2)C1=O. The molecule has 0 saturated carbocycles. The van der Waals surface area contributed by atoms with Gasteiger partial charge in [0.15, 0.2) is 0 Å². The highest BCUT2D eigenvalue weighted by atomic mass is 35.5. The molecule has 2 aromatic carbocycles. The van der Waals surface area contributed by atoms with Crippen LogP contribution in [0, 0.1) is 6.92 Å². The molecule has 1 saturated heterocycles. The topological polar surface area (TPSA) is 49.4 Å². The van der Waals surface area contributed by atoms with Gasteiger partial charge in [0.2, 0.25) is 5.91 Å². The van der Waals surface area contributed by atoms with Gasteiger partial charge in [-0.1, -0.05) is 29.8 Å². The molecule has 0 spiro atoms. The molecule has 22 heavy (non-hydrogen) atoms. The molecule has 1 aliphatic heterocycles. The van der Waals surface area contributed by atoms with E-state index < -0.39 is 6.04 Å². The molecule has 5 heteroatoms. The molecule has 1 unspecified atom stereocenters. The average Bonchev–Trinajstić information content (AvgIpc) is 2.77. The number of nitrogens with zero attached hydrogens (tertiary/aromatic N) is 1. The third kappa shape index (κ3) is 2.70. The normalized spacial score (nSPS) is 17.9. The zero-order valence-electron chi connectivity index (χ0n) is 12.0. The molecular formula is C17H15ClN2O2. The van der Waals surface area contributed by atoms with Crippen LogP contribution < -0.4 is 10.2 Å². The van der Waals surface area contributed by atoms with E-state index in [2.05, 4.69) is 5.32 Å². The molecular weight excluding hydrogens is 300 g/mol. The van der Waals surface area contributed by atoms with Crippen molar-refractivity contribution in [3.8, 4) is 0 Å². The fourth-order valence-corrected chi connectivity index (χ4v) is 2.69. The molecule has 1 N–H and O–H groups in total. The lowest BCUT2D eigenvalue weighted by Crippen LogP contribution is -2.35. The van der Waals surface area contributed by atoms with Crippen LogP contribution in [-0.4, -0.2) is 17.9 Å². The standard InChI is InChI=1S/C17H15ClN2O2/c1-11-4-2-3-5-15(11)20-16(21)10-14(17(20)22)19-13-8-6-12(18)7-9-13/h2-9,14,19H,10H2,1H3. The molecule has 1 fully saturated rings. The number of rotatable bonds is 3. The van der Waals surface area contributed by atoms with Gasteiger partial charge in [0, 0.05) is 10.7 Å². The first-order chi connectivity index (χ1) is 10.6. The zero-order chi connectivity index (χ0) is 15.7. The maximum Gasteiger partial charge on any atom is 0.256 e. The van der Waals surface area contributed by atoms with Gasteiger partial charge in [-0.3, -0.25) is 9.59 Å². The van der Waals surface area contributed by atoms with E-state index in [4.69, 9.17) is 11.6 Å². The highest BCUT2D eigenvalue weighted by molar-refractivity contribution is 6.30. The van der Waals surface area contributed by atoms with Gasteiger partial charge in [0.05, 0.1) is 12.1 Å². The van der Waals surface area contributed by atoms with E-state index in [9.17, 15) is 9.59 Å². The van der Waals surface area contributed by atoms with Crippen molar-refractivity contribution in [2.75, 3.05) is 10.2 Å². The third-order valence-corrected chi connectivity index (χ3v) is 3.94. The molecule has 1 aliphatic rings. The van der Waals surface area contributed by atoms with Gasteiger partial charge < -0.3 is 5.32 Å². The van der Waals surface area contributed by atoms with Gasteiger partial charge in [0.25, 0.3) is 5.91 Å². The summed E-state index contributed by atoms with van der Waals surface area (Å²) in [6.07, 6.45) is 0.149. The maximum absolute atomic E-state index is 12.6. The molecule has 112 valence electrons. The summed E-state index contributed by atoms with van der Waals surface area (Å²) in [5.74, 6) is -0.417. The Hall–Kier alpha value is -2.33. The fourth-order valence-electron chi connectivity index (χ4n) is 2.56. The van der Waals surface area contributed by atoms with Crippen molar-refractivity contribution in [3.05, 3.63) is 59.1 Å². The van der Waals surface area contributed by atoms with Crippen LogP contribution >= 0.6 is 11.6 Å². The summed E-state index contributed by atoms with van der Waals surface area (Å²) in [6, 6.07) is 13.9. The van der Waals surface area contributed by atoms with E-state index >= 15 is 0 Å². The van der Waals surface area contributed by atoms with Crippen LogP contribution in [0.3, 0.4) is 0 Å². The number of imide groups is 1. The average molecular weight is 315 g/mol. The molecule has 2 amide bonds. The van der Waals surface area contributed by atoms with Crippen LogP contribution in [-0.2, 0) is 9.59 Å². The van der Waals surface area contributed by atoms with Crippen molar-refractivity contribution in [2.24, 2.45) is 0 Å². The predicted molar refractivity (Wildman–Crippen MR) is 87.2 cm³/mol. The number of halogens is 1. The molecule has 0 aliphatic carbocycles. The Bertz CT molecular complexity index is 728. The number of hydrogen-bond acceptors (Lipinski definition) is 3. The van der Waals surface area contributed by atoms with E-state index in [1.54, 1.807) is 30.3 Å². The van der Waals surface area contributed by atoms with E-state index in [1.165, 1.54) is 4.90 Å². The zero-order valence-corrected chi connectivity index (χ0v) is 12.8. The minimum Gasteiger partial charge on any atom is -0.373 e. The summed E-state index contributed by atoms with van der Waals surface area (Å²) >= 11 is 5.84. The van der Waals surface area contributed by atoms with Crippen LogP contribution in [0.1, 0.15) is 12.0 Å². The van der Waals surface area contributed by atoms with E-state index in [0.717, 1.165) is 11.3 Å². The van der Waals surface area contributed by atoms with Gasteiger partial charge in [-0.15, -0.1) is 0 Å². The molecule has 4 nitrogen and oxygen atoms in total. The molecule has 3 rings (SSSR count). The minimum absolute atomic E-state index is 0.149. The Morgan fingerprint density at radius 2 is 1.77 bits per heavy atom. The number of para-hydroxylation sites is 1. The number of carbonyl (C=O) groups excluding carboxylic acids is 2. The summed E-state index contributed by atoms with van der Waals surface area (Å²) < 4.78 is 0. The van der Waals surface area contributed by atoms with Gasteiger partial charge >= 0.3 is 0 Å². The van der Waals surface area contributed by atoms with Crippen LogP contribution in [0.5, 0.6) is 0 Å². The summed E-state index contributed by atoms with van der Waals surface area (Å²) in [6.45, 7) is 1.88. The predicted octanol–water partition coefficient (Wildman–Crippen LogP) is 3.39. The van der Waals surface area contributed by atoms with Crippen LogP contribution in [0.15, 0.2) is 48.5 Å². The van der Waals surface area contributed by atoms with Crippen LogP contribution in [0.4, 0.5) is 11.4 Å². The van der Waals surface area contributed by atoms with Crippen molar-refractivity contribution in [2.45, 2.75) is 19.4 Å². The van der Waals surface area contributed by atoms with Crippen LogP contribution in [0.25, 0.3) is 0 Å². The first-order valence-electron chi connectivity index (χ1n) is 7.01. The molecule has 1 heterocycles.